The van der Waals surface area contributed by atoms with E-state index in [0.717, 1.165) is 17.1 Å². The van der Waals surface area contributed by atoms with Crippen LogP contribution in [0.2, 0.25) is 5.02 Å². The smallest absolute Gasteiger partial charge is 0.226 e. The Morgan fingerprint density at radius 3 is 2.73 bits per heavy atom. The minimum absolute atomic E-state index is 0.127. The van der Waals surface area contributed by atoms with Crippen LogP contribution in [0, 0.1) is 0 Å². The molecule has 0 saturated carbocycles. The Balaban J connectivity index is 1.44. The number of ether oxygens (including phenoxy) is 1. The van der Waals surface area contributed by atoms with E-state index in [0.29, 0.717) is 28.1 Å². The van der Waals surface area contributed by atoms with Crippen molar-refractivity contribution in [1.29, 1.82) is 0 Å². The predicted molar refractivity (Wildman–Crippen MR) is 149 cm³/mol. The van der Waals surface area contributed by atoms with E-state index in [1.54, 1.807) is 13.3 Å². The second-order valence-electron chi connectivity index (χ2n) is 8.60. The Bertz CT molecular complexity index is 1410. The van der Waals surface area contributed by atoms with Crippen LogP contribution in [0.4, 0.5) is 5.69 Å². The number of methoxy groups -OCH3 is 1. The maximum Gasteiger partial charge on any atom is 0.226 e. The van der Waals surface area contributed by atoms with E-state index in [4.69, 9.17) is 28.6 Å². The number of carbonyl (C=O) groups is 1. The molecule has 9 heteroatoms. The standard InChI is InChI=1S/C28H26ClN5O2S/c1-36-24-13-3-2-10-21(24)31-25(35)14-17-34-27(26(32-28(34)37)22-11-4-5-15-30-22)23-12-7-16-33(23)20-9-6-8-19(29)18-20/h2-13,15-16,18,26-27H,14,17H2,1H3,(H,31,35)(H,32,37)/t26-,27-/m1/s1. The fraction of sp³-hybridized carbons (Fsp3) is 0.179. The molecule has 0 bridgehead atoms. The maximum atomic E-state index is 12.9. The second kappa shape index (κ2) is 11.0. The number of nitrogens with zero attached hydrogens (tertiary/aromatic N) is 3. The minimum Gasteiger partial charge on any atom is -0.495 e. The Labute approximate surface area is 226 Å². The molecule has 2 N–H and O–H groups in total. The highest BCUT2D eigenvalue weighted by atomic mass is 35.5. The third-order valence-electron chi connectivity index (χ3n) is 6.33. The first-order valence-corrected chi connectivity index (χ1v) is 12.7. The zero-order valence-electron chi connectivity index (χ0n) is 20.2. The van der Waals surface area contributed by atoms with E-state index in [1.807, 2.05) is 79.0 Å². The van der Waals surface area contributed by atoms with Gasteiger partial charge >= 0.3 is 0 Å². The first-order valence-electron chi connectivity index (χ1n) is 11.9. The van der Waals surface area contributed by atoms with Gasteiger partial charge in [-0.1, -0.05) is 35.9 Å². The number of benzene rings is 2. The number of hydrogen-bond acceptors (Lipinski definition) is 4. The molecule has 0 radical (unpaired) electrons. The number of rotatable bonds is 8. The van der Waals surface area contributed by atoms with Gasteiger partial charge in [0.1, 0.15) is 5.75 Å². The summed E-state index contributed by atoms with van der Waals surface area (Å²) in [6.07, 6.45) is 4.02. The van der Waals surface area contributed by atoms with Gasteiger partial charge in [-0.15, -0.1) is 0 Å². The van der Waals surface area contributed by atoms with Crippen molar-refractivity contribution in [1.82, 2.24) is 19.8 Å². The molecule has 2 aromatic carbocycles. The number of nitrogens with one attached hydrogen (secondary N) is 2. The van der Waals surface area contributed by atoms with Crippen LogP contribution >= 0.6 is 23.8 Å². The largest absolute Gasteiger partial charge is 0.495 e. The zero-order chi connectivity index (χ0) is 25.8. The van der Waals surface area contributed by atoms with Crippen molar-refractivity contribution in [3.63, 3.8) is 0 Å². The molecule has 1 saturated heterocycles. The summed E-state index contributed by atoms with van der Waals surface area (Å²) in [6, 6.07) is 24.6. The number of para-hydroxylation sites is 2. The summed E-state index contributed by atoms with van der Waals surface area (Å²) in [5, 5.41) is 7.62. The van der Waals surface area contributed by atoms with Gasteiger partial charge in [0.15, 0.2) is 5.11 Å². The zero-order valence-corrected chi connectivity index (χ0v) is 21.7. The molecule has 188 valence electrons. The van der Waals surface area contributed by atoms with Crippen molar-refractivity contribution in [2.24, 2.45) is 0 Å². The van der Waals surface area contributed by atoms with E-state index < -0.39 is 0 Å². The molecular weight excluding hydrogens is 506 g/mol. The SMILES string of the molecule is COc1ccccc1NC(=O)CCN1C(=S)N[C@H](c2ccccn2)[C@H]1c1cccn1-c1cccc(Cl)c1. The lowest BCUT2D eigenvalue weighted by Gasteiger charge is -2.29. The highest BCUT2D eigenvalue weighted by Gasteiger charge is 2.41. The Kier molecular flexibility index (Phi) is 7.39. The first kappa shape index (κ1) is 24.8. The summed E-state index contributed by atoms with van der Waals surface area (Å²) >= 11 is 12.1. The van der Waals surface area contributed by atoms with Crippen molar-refractivity contribution in [3.05, 3.63) is 108 Å². The number of aromatic nitrogens is 2. The molecule has 0 unspecified atom stereocenters. The lowest BCUT2D eigenvalue weighted by molar-refractivity contribution is -0.116. The van der Waals surface area contributed by atoms with E-state index in [-0.39, 0.29) is 24.4 Å². The molecule has 1 fully saturated rings. The van der Waals surface area contributed by atoms with E-state index in [2.05, 4.69) is 31.2 Å². The van der Waals surface area contributed by atoms with Gasteiger partial charge in [-0.05, 0) is 66.8 Å². The molecule has 0 aliphatic carbocycles. The summed E-state index contributed by atoms with van der Waals surface area (Å²) < 4.78 is 7.46. The number of thiocarbonyl (C=S) groups is 1. The van der Waals surface area contributed by atoms with Gasteiger partial charge in [-0.2, -0.15) is 0 Å². The molecule has 5 rings (SSSR count). The van der Waals surface area contributed by atoms with Crippen LogP contribution in [0.5, 0.6) is 5.75 Å². The fourth-order valence-electron chi connectivity index (χ4n) is 4.65. The average molecular weight is 532 g/mol. The second-order valence-corrected chi connectivity index (χ2v) is 9.42. The summed E-state index contributed by atoms with van der Waals surface area (Å²) in [6.45, 7) is 0.418. The van der Waals surface area contributed by atoms with E-state index >= 15 is 0 Å². The topological polar surface area (TPSA) is 71.4 Å². The Hall–Kier alpha value is -3.88. The lowest BCUT2D eigenvalue weighted by atomic mass is 10.0. The van der Waals surface area contributed by atoms with Gasteiger partial charge in [0.05, 0.1) is 30.6 Å². The Morgan fingerprint density at radius 1 is 1.11 bits per heavy atom. The Morgan fingerprint density at radius 2 is 1.95 bits per heavy atom. The number of amides is 1. The molecule has 2 aromatic heterocycles. The molecule has 1 aliphatic heterocycles. The van der Waals surface area contributed by atoms with Crippen LogP contribution < -0.4 is 15.4 Å². The molecule has 37 heavy (non-hydrogen) atoms. The molecule has 0 spiro atoms. The van der Waals surface area contributed by atoms with Crippen LogP contribution in [-0.4, -0.2) is 39.1 Å². The molecule has 3 heterocycles. The van der Waals surface area contributed by atoms with Crippen molar-refractivity contribution in [3.8, 4) is 11.4 Å². The molecular formula is C28H26ClN5O2S. The van der Waals surface area contributed by atoms with Crippen molar-refractivity contribution in [2.45, 2.75) is 18.5 Å². The van der Waals surface area contributed by atoms with Crippen LogP contribution in [0.3, 0.4) is 0 Å². The summed E-state index contributed by atoms with van der Waals surface area (Å²) in [5.74, 6) is 0.485. The van der Waals surface area contributed by atoms with Crippen molar-refractivity contribution in [2.75, 3.05) is 19.0 Å². The predicted octanol–water partition coefficient (Wildman–Crippen LogP) is 5.54. The molecule has 4 aromatic rings. The first-order chi connectivity index (χ1) is 18.0. The van der Waals surface area contributed by atoms with Gasteiger partial charge < -0.3 is 24.8 Å². The summed E-state index contributed by atoms with van der Waals surface area (Å²) in [4.78, 5) is 19.6. The third kappa shape index (κ3) is 5.30. The number of pyridine rings is 1. The maximum absolute atomic E-state index is 12.9. The van der Waals surface area contributed by atoms with Crippen molar-refractivity contribution < 1.29 is 9.53 Å². The summed E-state index contributed by atoms with van der Waals surface area (Å²) in [5.41, 5.74) is 3.46. The van der Waals surface area contributed by atoms with Crippen molar-refractivity contribution >= 4 is 40.5 Å². The number of anilines is 1. The van der Waals surface area contributed by atoms with Gasteiger partial charge in [0.2, 0.25) is 5.91 Å². The average Bonchev–Trinajstić information content (AvgIpc) is 3.52. The monoisotopic (exact) mass is 531 g/mol. The van der Waals surface area contributed by atoms with Gasteiger partial charge in [-0.3, -0.25) is 9.78 Å². The summed E-state index contributed by atoms with van der Waals surface area (Å²) in [7, 11) is 1.58. The number of halogens is 1. The van der Waals surface area contributed by atoms with Crippen LogP contribution in [0.15, 0.2) is 91.3 Å². The highest BCUT2D eigenvalue weighted by molar-refractivity contribution is 7.80. The highest BCUT2D eigenvalue weighted by Crippen LogP contribution is 2.39. The molecule has 1 amide bonds. The van der Waals surface area contributed by atoms with Crippen LogP contribution in [0.25, 0.3) is 5.69 Å². The quantitative estimate of drug-likeness (QED) is 0.291. The normalized spacial score (nSPS) is 16.9. The fourth-order valence-corrected chi connectivity index (χ4v) is 5.16. The molecule has 1 aliphatic rings. The third-order valence-corrected chi connectivity index (χ3v) is 6.92. The number of carbonyl (C=O) groups excluding carboxylic acids is 1. The molecule has 2 atom stereocenters. The van der Waals surface area contributed by atoms with Crippen LogP contribution in [0.1, 0.15) is 29.9 Å². The minimum atomic E-state index is -0.199. The van der Waals surface area contributed by atoms with E-state index in [9.17, 15) is 4.79 Å². The van der Waals surface area contributed by atoms with Gasteiger partial charge in [-0.25, -0.2) is 0 Å². The lowest BCUT2D eigenvalue weighted by Crippen LogP contribution is -2.33. The van der Waals surface area contributed by atoms with E-state index in [1.165, 1.54) is 0 Å². The van der Waals surface area contributed by atoms with Crippen LogP contribution in [-0.2, 0) is 4.79 Å². The van der Waals surface area contributed by atoms with Gasteiger partial charge in [0.25, 0.3) is 0 Å². The molecule has 7 nitrogen and oxygen atoms in total. The van der Waals surface area contributed by atoms with Gasteiger partial charge in [0, 0.05) is 41.8 Å². The number of hydrogen-bond donors (Lipinski definition) is 2.